The van der Waals surface area contributed by atoms with Gasteiger partial charge in [-0.15, -0.1) is 0 Å². The second-order valence-electron chi connectivity index (χ2n) is 9.15. The molecule has 1 aromatic rings. The maximum atomic E-state index is 13.4. The molecule has 6 nitrogen and oxygen atoms in total. The first-order valence-corrected chi connectivity index (χ1v) is 13.0. The number of nitrogens with zero attached hydrogens (tertiary/aromatic N) is 1. The Hall–Kier alpha value is -1.65. The molecule has 0 bridgehead atoms. The van der Waals surface area contributed by atoms with Crippen LogP contribution >= 0.6 is 0 Å². The van der Waals surface area contributed by atoms with E-state index in [-0.39, 0.29) is 41.3 Å². The van der Waals surface area contributed by atoms with Crippen molar-refractivity contribution in [3.8, 4) is 0 Å². The highest BCUT2D eigenvalue weighted by Crippen LogP contribution is 2.37. The predicted octanol–water partition coefficient (Wildman–Crippen LogP) is 2.93. The van der Waals surface area contributed by atoms with Crippen LogP contribution in [0.15, 0.2) is 17.0 Å². The van der Waals surface area contributed by atoms with Gasteiger partial charge in [0.25, 0.3) is 0 Å². The Morgan fingerprint density at radius 2 is 1.84 bits per heavy atom. The summed E-state index contributed by atoms with van der Waals surface area (Å²) in [5.41, 5.74) is -0.322. The van der Waals surface area contributed by atoms with Crippen molar-refractivity contribution in [2.45, 2.75) is 68.2 Å². The number of sulfone groups is 1. The molecule has 2 unspecified atom stereocenters. The third-order valence-electron chi connectivity index (χ3n) is 6.81. The van der Waals surface area contributed by atoms with Crippen LogP contribution < -0.4 is 5.32 Å². The van der Waals surface area contributed by atoms with Gasteiger partial charge in [0.2, 0.25) is 5.91 Å². The molecule has 4 rings (SSSR count). The first-order valence-electron chi connectivity index (χ1n) is 11.1. The van der Waals surface area contributed by atoms with Crippen LogP contribution in [0.4, 0.5) is 13.2 Å². The predicted molar refractivity (Wildman–Crippen MR) is 112 cm³/mol. The van der Waals surface area contributed by atoms with E-state index in [1.807, 2.05) is 0 Å². The minimum absolute atomic E-state index is 0.00909. The highest BCUT2D eigenvalue weighted by molar-refractivity contribution is 7.90. The lowest BCUT2D eigenvalue weighted by Crippen LogP contribution is -2.42. The second-order valence-corrected chi connectivity index (χ2v) is 11.1. The summed E-state index contributed by atoms with van der Waals surface area (Å²) in [7, 11) is -3.82. The molecule has 0 aromatic heterocycles. The van der Waals surface area contributed by atoms with Crippen molar-refractivity contribution < 1.29 is 31.1 Å². The summed E-state index contributed by atoms with van der Waals surface area (Å²) in [6.45, 7) is 1.81. The van der Waals surface area contributed by atoms with Crippen molar-refractivity contribution in [2.75, 3.05) is 26.0 Å². The summed E-state index contributed by atoms with van der Waals surface area (Å²) in [5.74, 6) is -0.209. The topological polar surface area (TPSA) is 75.7 Å². The Morgan fingerprint density at radius 3 is 2.50 bits per heavy atom. The average molecular weight is 475 g/mol. The molecular weight excluding hydrogens is 445 g/mol. The van der Waals surface area contributed by atoms with E-state index in [9.17, 15) is 26.4 Å². The highest BCUT2D eigenvalue weighted by atomic mass is 32.2. The maximum absolute atomic E-state index is 13.4. The van der Waals surface area contributed by atoms with Crippen LogP contribution in [0.2, 0.25) is 0 Å². The van der Waals surface area contributed by atoms with Crippen molar-refractivity contribution in [3.05, 3.63) is 28.8 Å². The summed E-state index contributed by atoms with van der Waals surface area (Å²) in [5, 5.41) is 3.63. The number of amides is 1. The first kappa shape index (κ1) is 23.5. The molecule has 0 spiro atoms. The van der Waals surface area contributed by atoms with Gasteiger partial charge in [0, 0.05) is 50.6 Å². The molecule has 2 atom stereocenters. The lowest BCUT2D eigenvalue weighted by Gasteiger charge is -2.32. The van der Waals surface area contributed by atoms with Gasteiger partial charge in [-0.05, 0) is 61.8 Å². The number of rotatable bonds is 4. The molecular formula is C22H29F3N2O4S. The van der Waals surface area contributed by atoms with Crippen LogP contribution in [0.5, 0.6) is 0 Å². The maximum Gasteiger partial charge on any atom is 0.416 e. The van der Waals surface area contributed by atoms with Crippen LogP contribution in [0.3, 0.4) is 0 Å². The molecule has 2 fully saturated rings. The van der Waals surface area contributed by atoms with Crippen molar-refractivity contribution in [3.63, 3.8) is 0 Å². The van der Waals surface area contributed by atoms with E-state index in [1.54, 1.807) is 4.90 Å². The quantitative estimate of drug-likeness (QED) is 0.726. The highest BCUT2D eigenvalue weighted by Gasteiger charge is 2.38. The number of alkyl halides is 3. The van der Waals surface area contributed by atoms with E-state index in [1.165, 1.54) is 0 Å². The molecule has 3 aliphatic rings. The molecule has 1 saturated heterocycles. The first-order chi connectivity index (χ1) is 15.0. The molecule has 2 heterocycles. The molecule has 1 N–H and O–H groups in total. The minimum Gasteiger partial charge on any atom is -0.381 e. The number of halogens is 3. The molecule has 0 radical (unpaired) electrons. The van der Waals surface area contributed by atoms with Crippen LogP contribution in [0.1, 0.15) is 48.8 Å². The average Bonchev–Trinajstić information content (AvgIpc) is 3.19. The summed E-state index contributed by atoms with van der Waals surface area (Å²) < 4.78 is 69.8. The molecule has 2 aliphatic heterocycles. The summed E-state index contributed by atoms with van der Waals surface area (Å²) in [6, 6.07) is 2.38. The Balaban J connectivity index is 1.47. The molecule has 1 aromatic carbocycles. The van der Waals surface area contributed by atoms with E-state index in [0.29, 0.717) is 18.2 Å². The fourth-order valence-corrected chi connectivity index (χ4v) is 6.18. The van der Waals surface area contributed by atoms with Gasteiger partial charge in [0.05, 0.1) is 10.5 Å². The number of ether oxygens (including phenoxy) is 1. The van der Waals surface area contributed by atoms with Gasteiger partial charge in [-0.2, -0.15) is 13.2 Å². The van der Waals surface area contributed by atoms with Crippen LogP contribution in [0, 0.1) is 5.92 Å². The zero-order valence-electron chi connectivity index (χ0n) is 18.1. The van der Waals surface area contributed by atoms with Crippen LogP contribution in [0.25, 0.3) is 0 Å². The van der Waals surface area contributed by atoms with E-state index < -0.39 is 21.6 Å². The summed E-state index contributed by atoms with van der Waals surface area (Å²) in [6.07, 6.45) is 0.786. The largest absolute Gasteiger partial charge is 0.416 e. The molecule has 1 amide bonds. The standard InChI is InChI=1S/C22H29F3N2O4S/c1-32(29,30)20-12-16(22(23,24)25)10-15-13-27(7-4-19(15)20)21(28)14-2-3-18(11-14)26-17-5-8-31-9-6-17/h10,12,14,17-18,26H,2-9,11,13H2,1H3. The molecule has 10 heteroatoms. The minimum atomic E-state index is -4.66. The van der Waals surface area contributed by atoms with Crippen molar-refractivity contribution >= 4 is 15.7 Å². The zero-order valence-corrected chi connectivity index (χ0v) is 18.9. The number of benzene rings is 1. The zero-order chi connectivity index (χ0) is 23.1. The summed E-state index contributed by atoms with van der Waals surface area (Å²) in [4.78, 5) is 14.5. The summed E-state index contributed by atoms with van der Waals surface area (Å²) >= 11 is 0. The fraction of sp³-hybridized carbons (Fsp3) is 0.682. The smallest absolute Gasteiger partial charge is 0.381 e. The van der Waals surface area contributed by atoms with Gasteiger partial charge >= 0.3 is 6.18 Å². The van der Waals surface area contributed by atoms with Gasteiger partial charge < -0.3 is 15.0 Å². The number of fused-ring (bicyclic) bond motifs is 1. The van der Waals surface area contributed by atoms with Crippen molar-refractivity contribution in [2.24, 2.45) is 5.92 Å². The normalized spacial score (nSPS) is 25.1. The number of nitrogens with one attached hydrogen (secondary N) is 1. The fourth-order valence-electron chi connectivity index (χ4n) is 5.15. The third kappa shape index (κ3) is 5.12. The van der Waals surface area contributed by atoms with Crippen LogP contribution in [-0.2, 0) is 38.5 Å². The van der Waals surface area contributed by atoms with Gasteiger partial charge in [-0.3, -0.25) is 4.79 Å². The Bertz CT molecular complexity index is 974. The third-order valence-corrected chi connectivity index (χ3v) is 7.97. The van der Waals surface area contributed by atoms with Gasteiger partial charge in [0.15, 0.2) is 9.84 Å². The van der Waals surface area contributed by atoms with E-state index >= 15 is 0 Å². The van der Waals surface area contributed by atoms with E-state index in [2.05, 4.69) is 5.32 Å². The lowest BCUT2D eigenvalue weighted by molar-refractivity contribution is -0.137. The number of carbonyl (C=O) groups excluding carboxylic acids is 1. The van der Waals surface area contributed by atoms with Gasteiger partial charge in [-0.1, -0.05) is 0 Å². The molecule has 32 heavy (non-hydrogen) atoms. The van der Waals surface area contributed by atoms with E-state index in [0.717, 1.165) is 63.7 Å². The SMILES string of the molecule is CS(=O)(=O)c1cc(C(F)(F)F)cc2c1CCN(C(=O)C1CCC(NC3CCOCC3)C1)C2. The van der Waals surface area contributed by atoms with Crippen LogP contribution in [-0.4, -0.2) is 57.3 Å². The number of carbonyl (C=O) groups is 1. The van der Waals surface area contributed by atoms with Crippen molar-refractivity contribution in [1.82, 2.24) is 10.2 Å². The number of hydrogen-bond acceptors (Lipinski definition) is 5. The van der Waals surface area contributed by atoms with Crippen molar-refractivity contribution in [1.29, 1.82) is 0 Å². The Labute approximate surface area is 186 Å². The van der Waals surface area contributed by atoms with E-state index in [4.69, 9.17) is 4.74 Å². The Morgan fingerprint density at radius 1 is 1.12 bits per heavy atom. The second kappa shape index (κ2) is 8.95. The number of hydrogen-bond donors (Lipinski definition) is 1. The monoisotopic (exact) mass is 474 g/mol. The van der Waals surface area contributed by atoms with Gasteiger partial charge in [0.1, 0.15) is 0 Å². The molecule has 1 saturated carbocycles. The molecule has 178 valence electrons. The Kier molecular flexibility index (Phi) is 6.57. The lowest BCUT2D eigenvalue weighted by atomic mass is 9.95. The molecule has 1 aliphatic carbocycles. The van der Waals surface area contributed by atoms with Gasteiger partial charge in [-0.25, -0.2) is 8.42 Å².